The molecule has 1 amide bonds. The second-order valence-electron chi connectivity index (χ2n) is 2.98. The quantitative estimate of drug-likeness (QED) is 0.803. The number of halogens is 1. The summed E-state index contributed by atoms with van der Waals surface area (Å²) in [6, 6.07) is 5.61. The molecule has 1 aromatic rings. The average molecular weight is 272 g/mol. The lowest BCUT2D eigenvalue weighted by Crippen LogP contribution is -2.24. The van der Waals surface area contributed by atoms with Gasteiger partial charge >= 0.3 is 0 Å². The zero-order valence-corrected chi connectivity index (χ0v) is 10.2. The fourth-order valence-corrected chi connectivity index (χ4v) is 1.44. The lowest BCUT2D eigenvalue weighted by atomic mass is 10.4. The highest BCUT2D eigenvalue weighted by molar-refractivity contribution is 9.10. The van der Waals surface area contributed by atoms with Crippen LogP contribution in [0, 0.1) is 0 Å². The van der Waals surface area contributed by atoms with Gasteiger partial charge in [0.2, 0.25) is 5.91 Å². The number of rotatable bonds is 5. The number of anilines is 1. The second-order valence-corrected chi connectivity index (χ2v) is 3.79. The van der Waals surface area contributed by atoms with Crippen molar-refractivity contribution >= 4 is 27.7 Å². The van der Waals surface area contributed by atoms with Crippen LogP contribution >= 0.6 is 15.9 Å². The molecule has 1 aromatic heterocycles. The molecular weight excluding hydrogens is 258 g/mol. The summed E-state index contributed by atoms with van der Waals surface area (Å²) in [7, 11) is 0. The van der Waals surface area contributed by atoms with E-state index in [1.54, 1.807) is 0 Å². The largest absolute Gasteiger partial charge is 0.370 e. The van der Waals surface area contributed by atoms with E-state index >= 15 is 0 Å². The number of carbonyl (C=O) groups is 1. The number of nitrogens with zero attached hydrogens (tertiary/aromatic N) is 1. The molecule has 0 aliphatic carbocycles. The second kappa shape index (κ2) is 6.40. The van der Waals surface area contributed by atoms with Crippen molar-refractivity contribution in [2.24, 2.45) is 0 Å². The van der Waals surface area contributed by atoms with Crippen LogP contribution in [-0.2, 0) is 4.79 Å². The van der Waals surface area contributed by atoms with Gasteiger partial charge in [-0.05, 0) is 35.0 Å². The zero-order chi connectivity index (χ0) is 11.1. The van der Waals surface area contributed by atoms with Crippen molar-refractivity contribution in [1.82, 2.24) is 10.3 Å². The SMILES string of the molecule is CCNC(=O)CCNc1cccc(Br)n1. The highest BCUT2D eigenvalue weighted by Crippen LogP contribution is 2.09. The van der Waals surface area contributed by atoms with Gasteiger partial charge < -0.3 is 10.6 Å². The molecule has 0 aliphatic rings. The van der Waals surface area contributed by atoms with E-state index in [9.17, 15) is 4.79 Å². The molecule has 82 valence electrons. The van der Waals surface area contributed by atoms with Crippen molar-refractivity contribution in [3.8, 4) is 0 Å². The summed E-state index contributed by atoms with van der Waals surface area (Å²) in [4.78, 5) is 15.3. The van der Waals surface area contributed by atoms with E-state index in [2.05, 4.69) is 31.5 Å². The molecule has 0 aromatic carbocycles. The van der Waals surface area contributed by atoms with Gasteiger partial charge in [0.1, 0.15) is 10.4 Å². The summed E-state index contributed by atoms with van der Waals surface area (Å²) >= 11 is 3.28. The van der Waals surface area contributed by atoms with Crippen molar-refractivity contribution in [3.63, 3.8) is 0 Å². The van der Waals surface area contributed by atoms with Crippen molar-refractivity contribution in [2.75, 3.05) is 18.4 Å². The van der Waals surface area contributed by atoms with E-state index in [4.69, 9.17) is 0 Å². The van der Waals surface area contributed by atoms with Crippen LogP contribution in [-0.4, -0.2) is 24.0 Å². The van der Waals surface area contributed by atoms with Crippen LogP contribution in [0.15, 0.2) is 22.8 Å². The standard InChI is InChI=1S/C10H14BrN3O/c1-2-12-10(15)6-7-13-9-5-3-4-8(11)14-9/h3-5H,2,6-7H2,1H3,(H,12,15)(H,13,14). The van der Waals surface area contributed by atoms with Crippen molar-refractivity contribution in [2.45, 2.75) is 13.3 Å². The Bertz CT molecular complexity index is 330. The molecule has 0 saturated carbocycles. The predicted octanol–water partition coefficient (Wildman–Crippen LogP) is 1.78. The number of carbonyl (C=O) groups excluding carboxylic acids is 1. The highest BCUT2D eigenvalue weighted by atomic mass is 79.9. The van der Waals surface area contributed by atoms with Crippen molar-refractivity contribution in [3.05, 3.63) is 22.8 Å². The third kappa shape index (κ3) is 4.78. The maximum absolute atomic E-state index is 11.1. The van der Waals surface area contributed by atoms with E-state index in [0.29, 0.717) is 19.5 Å². The lowest BCUT2D eigenvalue weighted by molar-refractivity contribution is -0.120. The van der Waals surface area contributed by atoms with E-state index in [0.717, 1.165) is 10.4 Å². The van der Waals surface area contributed by atoms with Gasteiger partial charge in [0.15, 0.2) is 0 Å². The Kier molecular flexibility index (Phi) is 5.10. The molecule has 0 fully saturated rings. The maximum Gasteiger partial charge on any atom is 0.221 e. The Labute approximate surface area is 97.6 Å². The molecule has 15 heavy (non-hydrogen) atoms. The summed E-state index contributed by atoms with van der Waals surface area (Å²) in [6.07, 6.45) is 0.460. The molecule has 4 nitrogen and oxygen atoms in total. The van der Waals surface area contributed by atoms with Gasteiger partial charge in [-0.2, -0.15) is 0 Å². The van der Waals surface area contributed by atoms with Gasteiger partial charge in [-0.3, -0.25) is 4.79 Å². The molecular formula is C10H14BrN3O. The fraction of sp³-hybridized carbons (Fsp3) is 0.400. The van der Waals surface area contributed by atoms with Crippen molar-refractivity contribution in [1.29, 1.82) is 0 Å². The first-order valence-corrected chi connectivity index (χ1v) is 5.65. The minimum atomic E-state index is 0.0556. The summed E-state index contributed by atoms with van der Waals surface area (Å²) in [5.74, 6) is 0.827. The van der Waals surface area contributed by atoms with Gasteiger partial charge in [0, 0.05) is 19.5 Å². The smallest absolute Gasteiger partial charge is 0.221 e. The van der Waals surface area contributed by atoms with Crippen LogP contribution < -0.4 is 10.6 Å². The zero-order valence-electron chi connectivity index (χ0n) is 8.59. The van der Waals surface area contributed by atoms with Crippen LogP contribution in [0.1, 0.15) is 13.3 Å². The van der Waals surface area contributed by atoms with Crippen LogP contribution in [0.2, 0.25) is 0 Å². The molecule has 0 aliphatic heterocycles. The van der Waals surface area contributed by atoms with Gasteiger partial charge in [-0.1, -0.05) is 6.07 Å². The normalized spacial score (nSPS) is 9.73. The van der Waals surface area contributed by atoms with Gasteiger partial charge in [0.05, 0.1) is 0 Å². The molecule has 0 bridgehead atoms. The van der Waals surface area contributed by atoms with E-state index < -0.39 is 0 Å². The molecule has 0 unspecified atom stereocenters. The third-order valence-corrected chi connectivity index (χ3v) is 2.19. The van der Waals surface area contributed by atoms with Crippen molar-refractivity contribution < 1.29 is 4.79 Å². The molecule has 0 saturated heterocycles. The summed E-state index contributed by atoms with van der Waals surface area (Å²) < 4.78 is 0.783. The van der Waals surface area contributed by atoms with E-state index in [-0.39, 0.29) is 5.91 Å². The Balaban J connectivity index is 2.28. The predicted molar refractivity (Wildman–Crippen MR) is 63.7 cm³/mol. The van der Waals surface area contributed by atoms with Gasteiger partial charge in [0.25, 0.3) is 0 Å². The molecule has 5 heteroatoms. The van der Waals surface area contributed by atoms with Gasteiger partial charge in [-0.15, -0.1) is 0 Å². The average Bonchev–Trinajstić information content (AvgIpc) is 2.18. The maximum atomic E-state index is 11.1. The summed E-state index contributed by atoms with van der Waals surface area (Å²) in [6.45, 7) is 3.17. The Morgan fingerprint density at radius 2 is 2.33 bits per heavy atom. The first kappa shape index (κ1) is 12.0. The van der Waals surface area contributed by atoms with Crippen LogP contribution in [0.4, 0.5) is 5.82 Å². The number of hydrogen-bond donors (Lipinski definition) is 2. The van der Waals surface area contributed by atoms with Crippen LogP contribution in [0.5, 0.6) is 0 Å². The molecule has 2 N–H and O–H groups in total. The number of amides is 1. The van der Waals surface area contributed by atoms with Crippen LogP contribution in [0.3, 0.4) is 0 Å². The fourth-order valence-electron chi connectivity index (χ4n) is 1.10. The third-order valence-electron chi connectivity index (χ3n) is 1.75. The highest BCUT2D eigenvalue weighted by Gasteiger charge is 1.99. The number of nitrogens with one attached hydrogen (secondary N) is 2. The lowest BCUT2D eigenvalue weighted by Gasteiger charge is -2.05. The van der Waals surface area contributed by atoms with E-state index in [1.807, 2.05) is 25.1 Å². The number of aromatic nitrogens is 1. The number of hydrogen-bond acceptors (Lipinski definition) is 3. The molecule has 1 heterocycles. The minimum absolute atomic E-state index is 0.0556. The molecule has 1 rings (SSSR count). The molecule has 0 spiro atoms. The monoisotopic (exact) mass is 271 g/mol. The van der Waals surface area contributed by atoms with Crippen LogP contribution in [0.25, 0.3) is 0 Å². The Hall–Kier alpha value is -1.10. The number of pyridine rings is 1. The topological polar surface area (TPSA) is 54.0 Å². The summed E-state index contributed by atoms with van der Waals surface area (Å²) in [5, 5.41) is 5.81. The molecule has 0 atom stereocenters. The first-order chi connectivity index (χ1) is 7.22. The first-order valence-electron chi connectivity index (χ1n) is 4.85. The molecule has 0 radical (unpaired) electrons. The Morgan fingerprint density at radius 1 is 1.53 bits per heavy atom. The minimum Gasteiger partial charge on any atom is -0.370 e. The van der Waals surface area contributed by atoms with Gasteiger partial charge in [-0.25, -0.2) is 4.98 Å². The summed E-state index contributed by atoms with van der Waals surface area (Å²) in [5.41, 5.74) is 0. The van der Waals surface area contributed by atoms with E-state index in [1.165, 1.54) is 0 Å². The Morgan fingerprint density at radius 3 is 3.00 bits per heavy atom.